The van der Waals surface area contributed by atoms with Crippen molar-refractivity contribution in [2.24, 2.45) is 0 Å². The predicted molar refractivity (Wildman–Crippen MR) is 121 cm³/mol. The first-order chi connectivity index (χ1) is 14.4. The Hall–Kier alpha value is -2.90. The maximum Gasteiger partial charge on any atom is 0.300 e. The van der Waals surface area contributed by atoms with Gasteiger partial charge < -0.3 is 9.84 Å². The van der Waals surface area contributed by atoms with Crippen LogP contribution in [0.4, 0.5) is 5.69 Å². The molecule has 3 aromatic rings. The van der Waals surface area contributed by atoms with Crippen molar-refractivity contribution in [1.29, 1.82) is 0 Å². The zero-order valence-electron chi connectivity index (χ0n) is 16.3. The fourth-order valence-corrected chi connectivity index (χ4v) is 4.85. The summed E-state index contributed by atoms with van der Waals surface area (Å²) in [5.41, 5.74) is 2.15. The number of anilines is 1. The average molecular weight is 484 g/mol. The summed E-state index contributed by atoms with van der Waals surface area (Å²) >= 11 is 4.83. The second-order valence-corrected chi connectivity index (χ2v) is 8.70. The van der Waals surface area contributed by atoms with Crippen LogP contribution < -0.4 is 9.64 Å². The Morgan fingerprint density at radius 2 is 1.87 bits per heavy atom. The predicted octanol–water partition coefficient (Wildman–Crippen LogP) is 5.45. The van der Waals surface area contributed by atoms with Gasteiger partial charge in [-0.15, -0.1) is 11.3 Å². The lowest BCUT2D eigenvalue weighted by molar-refractivity contribution is -0.132. The number of rotatable bonds is 4. The molecule has 2 heterocycles. The van der Waals surface area contributed by atoms with Crippen molar-refractivity contribution in [3.05, 3.63) is 86.0 Å². The van der Waals surface area contributed by atoms with Gasteiger partial charge in [0.1, 0.15) is 17.6 Å². The third-order valence-corrected chi connectivity index (χ3v) is 6.54. The molecule has 1 saturated heterocycles. The number of aliphatic hydroxyl groups excluding tert-OH is 1. The Labute approximate surface area is 186 Å². The third kappa shape index (κ3) is 3.44. The number of Topliss-reactive ketones (excluding diaryl/α,β-unsaturated/α-hetero) is 1. The van der Waals surface area contributed by atoms with E-state index in [0.29, 0.717) is 21.5 Å². The number of ketones is 1. The summed E-state index contributed by atoms with van der Waals surface area (Å²) in [4.78, 5) is 28.3. The topological polar surface area (TPSA) is 66.8 Å². The summed E-state index contributed by atoms with van der Waals surface area (Å²) in [5, 5.41) is 13.0. The highest BCUT2D eigenvalue weighted by Gasteiger charge is 2.47. The SMILES string of the molecule is COc1ccc(/C(O)=C2/C(=O)C(=O)N(c3ccc(C)cc3)C2c2cccs2)cc1Br. The highest BCUT2D eigenvalue weighted by molar-refractivity contribution is 9.10. The van der Waals surface area contributed by atoms with Crippen LogP contribution in [-0.2, 0) is 9.59 Å². The van der Waals surface area contributed by atoms with Gasteiger partial charge in [0.15, 0.2) is 0 Å². The molecule has 1 unspecified atom stereocenters. The van der Waals surface area contributed by atoms with E-state index in [0.717, 1.165) is 10.4 Å². The minimum atomic E-state index is -0.710. The summed E-state index contributed by atoms with van der Waals surface area (Å²) in [7, 11) is 1.55. The number of hydrogen-bond acceptors (Lipinski definition) is 5. The van der Waals surface area contributed by atoms with E-state index in [1.165, 1.54) is 16.2 Å². The largest absolute Gasteiger partial charge is 0.507 e. The number of amides is 1. The number of halogens is 1. The molecule has 5 nitrogen and oxygen atoms in total. The molecule has 1 amide bonds. The Kier molecular flexibility index (Phi) is 5.49. The molecule has 1 aliphatic rings. The molecule has 0 radical (unpaired) electrons. The highest BCUT2D eigenvalue weighted by atomic mass is 79.9. The normalized spacial score (nSPS) is 18.1. The number of aliphatic hydroxyl groups is 1. The fraction of sp³-hybridized carbons (Fsp3) is 0.130. The lowest BCUT2D eigenvalue weighted by atomic mass is 9.99. The molecule has 30 heavy (non-hydrogen) atoms. The summed E-state index contributed by atoms with van der Waals surface area (Å²) in [6, 6.07) is 15.4. The lowest BCUT2D eigenvalue weighted by Crippen LogP contribution is -2.29. The van der Waals surface area contributed by atoms with Crippen molar-refractivity contribution in [1.82, 2.24) is 0 Å². The van der Waals surface area contributed by atoms with Crippen molar-refractivity contribution in [3.63, 3.8) is 0 Å². The van der Waals surface area contributed by atoms with Crippen LogP contribution >= 0.6 is 27.3 Å². The standard InChI is InChI=1S/C23H18BrNO4S/c1-13-5-8-15(9-6-13)25-20(18-4-3-11-30-18)19(22(27)23(25)28)21(26)14-7-10-17(29-2)16(24)12-14/h3-12,20,26H,1-2H3/b21-19-. The van der Waals surface area contributed by atoms with Crippen LogP contribution in [0, 0.1) is 6.92 Å². The van der Waals surface area contributed by atoms with Gasteiger partial charge in [0, 0.05) is 16.1 Å². The van der Waals surface area contributed by atoms with Crippen molar-refractivity contribution in [2.45, 2.75) is 13.0 Å². The zero-order valence-corrected chi connectivity index (χ0v) is 18.7. The van der Waals surface area contributed by atoms with Crippen LogP contribution in [-0.4, -0.2) is 23.9 Å². The Morgan fingerprint density at radius 1 is 1.13 bits per heavy atom. The van der Waals surface area contributed by atoms with Gasteiger partial charge in [-0.05, 0) is 64.6 Å². The molecule has 1 N–H and O–H groups in total. The van der Waals surface area contributed by atoms with Crippen LogP contribution in [0.15, 0.2) is 70.0 Å². The van der Waals surface area contributed by atoms with Crippen LogP contribution in [0.1, 0.15) is 22.0 Å². The van der Waals surface area contributed by atoms with E-state index >= 15 is 0 Å². The number of carbonyl (C=O) groups is 2. The first-order valence-corrected chi connectivity index (χ1v) is 10.8. The lowest BCUT2D eigenvalue weighted by Gasteiger charge is -2.24. The molecule has 2 aromatic carbocycles. The minimum Gasteiger partial charge on any atom is -0.507 e. The molecule has 4 rings (SSSR count). The first-order valence-electron chi connectivity index (χ1n) is 9.17. The molecule has 0 spiro atoms. The molecule has 1 atom stereocenters. The Morgan fingerprint density at radius 3 is 2.47 bits per heavy atom. The second kappa shape index (κ2) is 8.08. The smallest absolute Gasteiger partial charge is 0.300 e. The zero-order chi connectivity index (χ0) is 21.4. The Balaban J connectivity index is 1.90. The number of benzene rings is 2. The molecule has 0 saturated carbocycles. The minimum absolute atomic E-state index is 0.0695. The number of nitrogens with zero attached hydrogens (tertiary/aromatic N) is 1. The second-order valence-electron chi connectivity index (χ2n) is 6.87. The van der Waals surface area contributed by atoms with Crippen LogP contribution in [0.25, 0.3) is 5.76 Å². The Bertz CT molecular complexity index is 1150. The maximum atomic E-state index is 13.0. The van der Waals surface area contributed by atoms with Crippen LogP contribution in [0.2, 0.25) is 0 Å². The molecule has 1 aliphatic heterocycles. The van der Waals surface area contributed by atoms with Crippen molar-refractivity contribution >= 4 is 50.4 Å². The van der Waals surface area contributed by atoms with E-state index in [9.17, 15) is 14.7 Å². The van der Waals surface area contributed by atoms with Gasteiger partial charge in [-0.1, -0.05) is 23.8 Å². The summed E-state index contributed by atoms with van der Waals surface area (Å²) < 4.78 is 5.87. The number of hydrogen-bond donors (Lipinski definition) is 1. The number of thiophene rings is 1. The van der Waals surface area contributed by atoms with Gasteiger partial charge in [0.25, 0.3) is 11.7 Å². The van der Waals surface area contributed by atoms with Gasteiger partial charge >= 0.3 is 0 Å². The fourth-order valence-electron chi connectivity index (χ4n) is 3.49. The molecule has 1 fully saturated rings. The number of ether oxygens (including phenoxy) is 1. The summed E-state index contributed by atoms with van der Waals surface area (Å²) in [5.74, 6) is -0.990. The van der Waals surface area contributed by atoms with E-state index in [2.05, 4.69) is 15.9 Å². The van der Waals surface area contributed by atoms with Gasteiger partial charge in [-0.25, -0.2) is 0 Å². The quantitative estimate of drug-likeness (QED) is 0.304. The number of carbonyl (C=O) groups excluding carboxylic acids is 2. The maximum absolute atomic E-state index is 13.0. The summed E-state index contributed by atoms with van der Waals surface area (Å²) in [6.45, 7) is 1.95. The van der Waals surface area contributed by atoms with E-state index < -0.39 is 17.7 Å². The molecule has 0 bridgehead atoms. The third-order valence-electron chi connectivity index (χ3n) is 4.99. The first kappa shape index (κ1) is 20.4. The van der Waals surface area contributed by atoms with Crippen LogP contribution in [0.3, 0.4) is 0 Å². The van der Waals surface area contributed by atoms with Gasteiger partial charge in [0.2, 0.25) is 0 Å². The average Bonchev–Trinajstić information content (AvgIpc) is 3.35. The van der Waals surface area contributed by atoms with Crippen LogP contribution in [0.5, 0.6) is 5.75 Å². The molecule has 1 aromatic heterocycles. The van der Waals surface area contributed by atoms with Gasteiger partial charge in [-0.3, -0.25) is 14.5 Å². The summed E-state index contributed by atoms with van der Waals surface area (Å²) in [6.07, 6.45) is 0. The van der Waals surface area contributed by atoms with E-state index in [1.54, 1.807) is 25.3 Å². The number of aryl methyl sites for hydroxylation is 1. The van der Waals surface area contributed by atoms with Gasteiger partial charge in [0.05, 0.1) is 17.2 Å². The monoisotopic (exact) mass is 483 g/mol. The van der Waals surface area contributed by atoms with Crippen molar-refractivity contribution in [2.75, 3.05) is 12.0 Å². The molecular weight excluding hydrogens is 466 g/mol. The number of methoxy groups -OCH3 is 1. The van der Waals surface area contributed by atoms with Crippen molar-refractivity contribution < 1.29 is 19.4 Å². The molecule has 0 aliphatic carbocycles. The highest BCUT2D eigenvalue weighted by Crippen LogP contribution is 2.44. The van der Waals surface area contributed by atoms with Gasteiger partial charge in [-0.2, -0.15) is 0 Å². The molecule has 152 valence electrons. The van der Waals surface area contributed by atoms with E-state index in [1.807, 2.05) is 48.7 Å². The van der Waals surface area contributed by atoms with Crippen molar-refractivity contribution in [3.8, 4) is 5.75 Å². The molecular formula is C23H18BrNO4S. The van der Waals surface area contributed by atoms with E-state index in [-0.39, 0.29) is 11.3 Å². The van der Waals surface area contributed by atoms with E-state index in [4.69, 9.17) is 4.74 Å². The molecule has 7 heteroatoms.